The molecule has 1 N–H and O–H groups in total. The van der Waals surface area contributed by atoms with Crippen molar-refractivity contribution in [1.29, 1.82) is 0 Å². The van der Waals surface area contributed by atoms with Crippen molar-refractivity contribution in [3.63, 3.8) is 0 Å². The Hall–Kier alpha value is -2.49. The third-order valence-electron chi connectivity index (χ3n) is 4.87. The van der Waals surface area contributed by atoms with E-state index in [2.05, 4.69) is 5.32 Å². The van der Waals surface area contributed by atoms with E-state index in [9.17, 15) is 13.2 Å². The predicted molar refractivity (Wildman–Crippen MR) is 123 cm³/mol. The Labute approximate surface area is 194 Å². The van der Waals surface area contributed by atoms with Crippen molar-refractivity contribution < 1.29 is 27.4 Å². The molecule has 8 nitrogen and oxygen atoms in total. The van der Waals surface area contributed by atoms with Crippen molar-refractivity contribution in [2.45, 2.75) is 31.7 Å². The van der Waals surface area contributed by atoms with Crippen LogP contribution in [-0.4, -0.2) is 52.5 Å². The maximum absolute atomic E-state index is 13.0. The molecule has 2 aromatic rings. The standard InChI is InChI=1S/C22H29ClN2O6S/c1-6-25(7-2)32(27,28)21-13-17(23)9-11-19(21)31-14-22(26)24-15(3)16-8-10-18(29-4)20(12-16)30-5/h8-13,15H,6-7,14H2,1-5H3,(H,24,26). The van der Waals surface area contributed by atoms with Crippen LogP contribution in [0.4, 0.5) is 0 Å². The Kier molecular flexibility index (Phi) is 9.18. The van der Waals surface area contributed by atoms with Crippen LogP contribution in [0.1, 0.15) is 32.4 Å². The van der Waals surface area contributed by atoms with E-state index in [1.807, 2.05) is 13.0 Å². The van der Waals surface area contributed by atoms with Crippen LogP contribution in [0.3, 0.4) is 0 Å². The van der Waals surface area contributed by atoms with Gasteiger partial charge in [0.1, 0.15) is 10.6 Å². The van der Waals surface area contributed by atoms with Gasteiger partial charge >= 0.3 is 0 Å². The molecule has 176 valence electrons. The summed E-state index contributed by atoms with van der Waals surface area (Å²) in [4.78, 5) is 12.4. The Balaban J connectivity index is 2.13. The highest BCUT2D eigenvalue weighted by molar-refractivity contribution is 7.89. The van der Waals surface area contributed by atoms with E-state index in [4.69, 9.17) is 25.8 Å². The summed E-state index contributed by atoms with van der Waals surface area (Å²) in [5, 5.41) is 3.08. The van der Waals surface area contributed by atoms with Gasteiger partial charge in [-0.15, -0.1) is 0 Å². The average Bonchev–Trinajstić information content (AvgIpc) is 2.78. The van der Waals surface area contributed by atoms with Gasteiger partial charge in [0.15, 0.2) is 18.1 Å². The Morgan fingerprint density at radius 2 is 1.66 bits per heavy atom. The number of ether oxygens (including phenoxy) is 3. The zero-order chi connectivity index (χ0) is 23.9. The molecule has 0 aliphatic carbocycles. The summed E-state index contributed by atoms with van der Waals surface area (Å²) < 4.78 is 43.3. The molecule has 0 spiro atoms. The number of carbonyl (C=O) groups is 1. The summed E-state index contributed by atoms with van der Waals surface area (Å²) >= 11 is 6.02. The Bertz CT molecular complexity index is 1040. The molecule has 0 heterocycles. The summed E-state index contributed by atoms with van der Waals surface area (Å²) in [5.41, 5.74) is 0.812. The van der Waals surface area contributed by atoms with Gasteiger partial charge in [0.2, 0.25) is 10.0 Å². The Morgan fingerprint density at radius 1 is 1.03 bits per heavy atom. The number of benzene rings is 2. The van der Waals surface area contributed by atoms with E-state index in [0.29, 0.717) is 24.6 Å². The molecule has 32 heavy (non-hydrogen) atoms. The van der Waals surface area contributed by atoms with Gasteiger partial charge in [-0.05, 0) is 42.8 Å². The number of nitrogens with zero attached hydrogens (tertiary/aromatic N) is 1. The van der Waals surface area contributed by atoms with Crippen molar-refractivity contribution in [2.24, 2.45) is 0 Å². The van der Waals surface area contributed by atoms with Crippen molar-refractivity contribution >= 4 is 27.5 Å². The van der Waals surface area contributed by atoms with Gasteiger partial charge in [0, 0.05) is 18.1 Å². The number of sulfonamides is 1. The zero-order valence-electron chi connectivity index (χ0n) is 18.8. The van der Waals surface area contributed by atoms with Crippen LogP contribution in [0.2, 0.25) is 5.02 Å². The third-order valence-corrected chi connectivity index (χ3v) is 7.18. The van der Waals surface area contributed by atoms with E-state index in [0.717, 1.165) is 5.56 Å². The fourth-order valence-electron chi connectivity index (χ4n) is 3.14. The molecule has 0 radical (unpaired) electrons. The van der Waals surface area contributed by atoms with Gasteiger partial charge in [-0.25, -0.2) is 8.42 Å². The molecule has 0 saturated heterocycles. The maximum atomic E-state index is 13.0. The fraction of sp³-hybridized carbons (Fsp3) is 0.409. The summed E-state index contributed by atoms with van der Waals surface area (Å²) in [6.45, 7) is 5.55. The van der Waals surface area contributed by atoms with Crippen LogP contribution in [0.25, 0.3) is 0 Å². The molecule has 0 fully saturated rings. The summed E-state index contributed by atoms with van der Waals surface area (Å²) in [6.07, 6.45) is 0. The van der Waals surface area contributed by atoms with Gasteiger partial charge in [-0.3, -0.25) is 4.79 Å². The smallest absolute Gasteiger partial charge is 0.258 e. The van der Waals surface area contributed by atoms with Gasteiger partial charge in [0.25, 0.3) is 5.91 Å². The second kappa shape index (κ2) is 11.4. The molecule has 0 aromatic heterocycles. The first kappa shape index (κ1) is 25.8. The van der Waals surface area contributed by atoms with E-state index in [1.165, 1.54) is 29.6 Å². The first-order valence-corrected chi connectivity index (χ1v) is 11.9. The number of hydrogen-bond donors (Lipinski definition) is 1. The van der Waals surface area contributed by atoms with E-state index < -0.39 is 15.9 Å². The predicted octanol–water partition coefficient (Wildman–Crippen LogP) is 3.64. The lowest BCUT2D eigenvalue weighted by Crippen LogP contribution is -2.33. The first-order valence-electron chi connectivity index (χ1n) is 10.1. The van der Waals surface area contributed by atoms with Crippen LogP contribution in [0, 0.1) is 0 Å². The van der Waals surface area contributed by atoms with Gasteiger partial charge in [0.05, 0.1) is 20.3 Å². The molecule has 0 aliphatic heterocycles. The fourth-order valence-corrected chi connectivity index (χ4v) is 4.99. The molecular weight excluding hydrogens is 456 g/mol. The number of hydrogen-bond acceptors (Lipinski definition) is 6. The van der Waals surface area contributed by atoms with Crippen LogP contribution >= 0.6 is 11.6 Å². The lowest BCUT2D eigenvalue weighted by Gasteiger charge is -2.21. The van der Waals surface area contributed by atoms with Crippen molar-refractivity contribution in [3.8, 4) is 17.2 Å². The van der Waals surface area contributed by atoms with Crippen LogP contribution in [0.5, 0.6) is 17.2 Å². The highest BCUT2D eigenvalue weighted by Gasteiger charge is 2.26. The largest absolute Gasteiger partial charge is 0.493 e. The van der Waals surface area contributed by atoms with Crippen molar-refractivity contribution in [1.82, 2.24) is 9.62 Å². The Morgan fingerprint density at radius 3 is 2.25 bits per heavy atom. The quantitative estimate of drug-likeness (QED) is 0.523. The number of nitrogens with one attached hydrogen (secondary N) is 1. The number of carbonyl (C=O) groups excluding carboxylic acids is 1. The second-order valence-corrected chi connectivity index (χ2v) is 9.22. The maximum Gasteiger partial charge on any atom is 0.258 e. The average molecular weight is 485 g/mol. The molecule has 1 atom stereocenters. The van der Waals surface area contributed by atoms with Crippen LogP contribution < -0.4 is 19.5 Å². The van der Waals surface area contributed by atoms with Crippen LogP contribution in [-0.2, 0) is 14.8 Å². The van der Waals surface area contributed by atoms with Gasteiger partial charge < -0.3 is 19.5 Å². The number of rotatable bonds is 11. The molecule has 2 aromatic carbocycles. The molecule has 0 saturated carbocycles. The number of amides is 1. The number of methoxy groups -OCH3 is 2. The second-order valence-electron chi connectivity index (χ2n) is 6.87. The van der Waals surface area contributed by atoms with Crippen molar-refractivity contribution in [3.05, 3.63) is 47.0 Å². The van der Waals surface area contributed by atoms with E-state index in [-0.39, 0.29) is 28.3 Å². The lowest BCUT2D eigenvalue weighted by molar-refractivity contribution is -0.123. The molecule has 0 bridgehead atoms. The zero-order valence-corrected chi connectivity index (χ0v) is 20.4. The minimum absolute atomic E-state index is 0.0650. The third kappa shape index (κ3) is 6.05. The summed E-state index contributed by atoms with van der Waals surface area (Å²) in [7, 11) is -0.733. The summed E-state index contributed by atoms with van der Waals surface area (Å²) in [5.74, 6) is 0.793. The van der Waals surface area contributed by atoms with Crippen LogP contribution in [0.15, 0.2) is 41.3 Å². The summed E-state index contributed by atoms with van der Waals surface area (Å²) in [6, 6.07) is 9.31. The highest BCUT2D eigenvalue weighted by Crippen LogP contribution is 2.31. The molecule has 2 rings (SSSR count). The molecule has 0 aliphatic rings. The molecule has 10 heteroatoms. The van der Waals surface area contributed by atoms with E-state index >= 15 is 0 Å². The lowest BCUT2D eigenvalue weighted by atomic mass is 10.1. The topological polar surface area (TPSA) is 94.2 Å². The van der Waals surface area contributed by atoms with E-state index in [1.54, 1.807) is 33.1 Å². The first-order chi connectivity index (χ1) is 15.2. The normalized spacial score (nSPS) is 12.3. The van der Waals surface area contributed by atoms with Gasteiger partial charge in [-0.2, -0.15) is 4.31 Å². The minimum Gasteiger partial charge on any atom is -0.493 e. The molecule has 1 unspecified atom stereocenters. The van der Waals surface area contributed by atoms with Crippen molar-refractivity contribution in [2.75, 3.05) is 33.9 Å². The monoisotopic (exact) mass is 484 g/mol. The number of halogens is 1. The molecule has 1 amide bonds. The van der Waals surface area contributed by atoms with Gasteiger partial charge in [-0.1, -0.05) is 31.5 Å². The minimum atomic E-state index is -3.82. The highest BCUT2D eigenvalue weighted by atomic mass is 35.5. The SMILES string of the molecule is CCN(CC)S(=O)(=O)c1cc(Cl)ccc1OCC(=O)NC(C)c1ccc(OC)c(OC)c1. The molecular formula is C22H29ClN2O6S.